The third-order valence-electron chi connectivity index (χ3n) is 2.34. The summed E-state index contributed by atoms with van der Waals surface area (Å²) < 4.78 is 37.0. The molecule has 0 saturated carbocycles. The Kier molecular flexibility index (Phi) is 5.65. The number of hydrogen-bond donors (Lipinski definition) is 1. The minimum atomic E-state index is -4.42. The predicted molar refractivity (Wildman–Crippen MR) is 68.2 cm³/mol. The molecule has 0 aromatic heterocycles. The van der Waals surface area contributed by atoms with E-state index in [1.165, 1.54) is 18.2 Å². The van der Waals surface area contributed by atoms with Crippen LogP contribution in [0.1, 0.15) is 5.56 Å². The number of phenolic OH excluding ortho intramolecular Hbond substituents is 1. The molecule has 0 saturated heterocycles. The largest absolute Gasteiger partial charge is 0.508 e. The Bertz CT molecular complexity index is 437. The molecule has 0 aliphatic heterocycles. The standard InChI is InChI=1S/C12H13BrF3NO2/c13-4-5-17(8-12(14,15)16)11(19)7-9-2-1-3-10(18)6-9/h1-3,6,18H,4-5,7-8H2. The minimum Gasteiger partial charge on any atom is -0.508 e. The van der Waals surface area contributed by atoms with Crippen LogP contribution in [0, 0.1) is 0 Å². The average molecular weight is 340 g/mol. The van der Waals surface area contributed by atoms with Gasteiger partial charge in [0.25, 0.3) is 0 Å². The molecule has 19 heavy (non-hydrogen) atoms. The van der Waals surface area contributed by atoms with Crippen molar-refractivity contribution in [3.05, 3.63) is 29.8 Å². The van der Waals surface area contributed by atoms with Crippen molar-refractivity contribution in [1.29, 1.82) is 0 Å². The number of aromatic hydroxyl groups is 1. The molecule has 7 heteroatoms. The Labute approximate surface area is 117 Å². The van der Waals surface area contributed by atoms with Crippen LogP contribution in [0.25, 0.3) is 0 Å². The molecule has 3 nitrogen and oxygen atoms in total. The molecule has 0 aliphatic carbocycles. The van der Waals surface area contributed by atoms with E-state index in [2.05, 4.69) is 15.9 Å². The molecule has 0 radical (unpaired) electrons. The minimum absolute atomic E-state index is 0.0167. The lowest BCUT2D eigenvalue weighted by atomic mass is 10.1. The molecule has 1 amide bonds. The number of alkyl halides is 4. The summed E-state index contributed by atoms with van der Waals surface area (Å²) in [6, 6.07) is 5.91. The van der Waals surface area contributed by atoms with Crippen LogP contribution in [0.5, 0.6) is 5.75 Å². The molecule has 0 aliphatic rings. The van der Waals surface area contributed by atoms with E-state index in [1.807, 2.05) is 0 Å². The van der Waals surface area contributed by atoms with Crippen LogP contribution in [0.4, 0.5) is 13.2 Å². The maximum atomic E-state index is 12.3. The van der Waals surface area contributed by atoms with Crippen molar-refractivity contribution in [2.45, 2.75) is 12.6 Å². The first-order valence-corrected chi connectivity index (χ1v) is 6.62. The summed E-state index contributed by atoms with van der Waals surface area (Å²) in [7, 11) is 0. The summed E-state index contributed by atoms with van der Waals surface area (Å²) in [4.78, 5) is 12.6. The number of nitrogens with zero attached hydrogens (tertiary/aromatic N) is 1. The van der Waals surface area contributed by atoms with E-state index < -0.39 is 18.6 Å². The number of carbonyl (C=O) groups excluding carboxylic acids is 1. The van der Waals surface area contributed by atoms with E-state index in [0.29, 0.717) is 5.56 Å². The van der Waals surface area contributed by atoms with Gasteiger partial charge in [0.1, 0.15) is 12.3 Å². The Morgan fingerprint density at radius 2 is 2.05 bits per heavy atom. The first-order valence-electron chi connectivity index (χ1n) is 5.50. The van der Waals surface area contributed by atoms with Crippen LogP contribution >= 0.6 is 15.9 Å². The number of amides is 1. The Balaban J connectivity index is 2.71. The van der Waals surface area contributed by atoms with Crippen molar-refractivity contribution in [3.63, 3.8) is 0 Å². The molecule has 106 valence electrons. The van der Waals surface area contributed by atoms with Crippen LogP contribution < -0.4 is 0 Å². The second-order valence-corrected chi connectivity index (χ2v) is 4.76. The van der Waals surface area contributed by atoms with Gasteiger partial charge in [-0.05, 0) is 17.7 Å². The zero-order valence-corrected chi connectivity index (χ0v) is 11.5. The van der Waals surface area contributed by atoms with Crippen molar-refractivity contribution in [3.8, 4) is 5.75 Å². The molecule has 0 unspecified atom stereocenters. The molecule has 1 rings (SSSR count). The highest BCUT2D eigenvalue weighted by Gasteiger charge is 2.32. The second kappa shape index (κ2) is 6.79. The van der Waals surface area contributed by atoms with Gasteiger partial charge in [0.15, 0.2) is 0 Å². The molecule has 0 fully saturated rings. The number of carbonyl (C=O) groups is 1. The summed E-state index contributed by atoms with van der Waals surface area (Å²) in [6.45, 7) is -1.28. The lowest BCUT2D eigenvalue weighted by Crippen LogP contribution is -2.40. The number of benzene rings is 1. The molecular weight excluding hydrogens is 327 g/mol. The fourth-order valence-corrected chi connectivity index (χ4v) is 1.99. The van der Waals surface area contributed by atoms with Crippen LogP contribution in [-0.2, 0) is 11.2 Å². The average Bonchev–Trinajstić information content (AvgIpc) is 2.26. The number of hydrogen-bond acceptors (Lipinski definition) is 2. The van der Waals surface area contributed by atoms with Gasteiger partial charge in [-0.3, -0.25) is 4.79 Å². The van der Waals surface area contributed by atoms with Crippen LogP contribution in [0.15, 0.2) is 24.3 Å². The van der Waals surface area contributed by atoms with Crippen molar-refractivity contribution in [2.75, 3.05) is 18.4 Å². The monoisotopic (exact) mass is 339 g/mol. The highest BCUT2D eigenvalue weighted by molar-refractivity contribution is 9.09. The van der Waals surface area contributed by atoms with Crippen LogP contribution in [0.2, 0.25) is 0 Å². The zero-order valence-electron chi connectivity index (χ0n) is 9.95. The molecular formula is C12H13BrF3NO2. The highest BCUT2D eigenvalue weighted by Crippen LogP contribution is 2.18. The zero-order chi connectivity index (χ0) is 14.5. The third-order valence-corrected chi connectivity index (χ3v) is 2.70. The van der Waals surface area contributed by atoms with E-state index in [-0.39, 0.29) is 24.0 Å². The first kappa shape index (κ1) is 15.8. The fraction of sp³-hybridized carbons (Fsp3) is 0.417. The van der Waals surface area contributed by atoms with Gasteiger partial charge in [-0.25, -0.2) is 0 Å². The van der Waals surface area contributed by atoms with Gasteiger partial charge in [0.2, 0.25) is 5.91 Å². The van der Waals surface area contributed by atoms with Gasteiger partial charge in [-0.15, -0.1) is 0 Å². The molecule has 1 N–H and O–H groups in total. The molecule has 0 bridgehead atoms. The van der Waals surface area contributed by atoms with Gasteiger partial charge in [0, 0.05) is 11.9 Å². The lowest BCUT2D eigenvalue weighted by Gasteiger charge is -2.23. The quantitative estimate of drug-likeness (QED) is 0.838. The Morgan fingerprint density at radius 3 is 2.58 bits per heavy atom. The van der Waals surface area contributed by atoms with E-state index in [9.17, 15) is 23.1 Å². The Hall–Kier alpha value is -1.24. The van der Waals surface area contributed by atoms with Crippen molar-refractivity contribution >= 4 is 21.8 Å². The number of halogens is 4. The first-order chi connectivity index (χ1) is 8.81. The van der Waals surface area contributed by atoms with Crippen LogP contribution in [0.3, 0.4) is 0 Å². The SMILES string of the molecule is O=C(Cc1cccc(O)c1)N(CCBr)CC(F)(F)F. The van der Waals surface area contributed by atoms with E-state index in [0.717, 1.165) is 4.90 Å². The number of rotatable bonds is 5. The molecule has 1 aromatic rings. The molecule has 0 atom stereocenters. The lowest BCUT2D eigenvalue weighted by molar-refractivity contribution is -0.160. The topological polar surface area (TPSA) is 40.5 Å². The third kappa shape index (κ3) is 5.96. The Morgan fingerprint density at radius 1 is 1.37 bits per heavy atom. The van der Waals surface area contributed by atoms with Crippen molar-refractivity contribution < 1.29 is 23.1 Å². The molecule has 0 heterocycles. The summed E-state index contributed by atoms with van der Waals surface area (Å²) in [6.07, 6.45) is -4.59. The van der Waals surface area contributed by atoms with Gasteiger partial charge < -0.3 is 10.0 Å². The van der Waals surface area contributed by atoms with Gasteiger partial charge in [-0.2, -0.15) is 13.2 Å². The van der Waals surface area contributed by atoms with Gasteiger partial charge in [0.05, 0.1) is 6.42 Å². The van der Waals surface area contributed by atoms with E-state index in [4.69, 9.17) is 0 Å². The normalized spacial score (nSPS) is 11.4. The fourth-order valence-electron chi connectivity index (χ4n) is 1.56. The summed E-state index contributed by atoms with van der Waals surface area (Å²) in [5.41, 5.74) is 0.478. The summed E-state index contributed by atoms with van der Waals surface area (Å²) in [5.74, 6) is -0.643. The van der Waals surface area contributed by atoms with E-state index >= 15 is 0 Å². The molecule has 0 spiro atoms. The highest BCUT2D eigenvalue weighted by atomic mass is 79.9. The maximum Gasteiger partial charge on any atom is 0.406 e. The second-order valence-electron chi connectivity index (χ2n) is 3.97. The maximum absolute atomic E-state index is 12.3. The van der Waals surface area contributed by atoms with Gasteiger partial charge >= 0.3 is 6.18 Å². The van der Waals surface area contributed by atoms with Crippen molar-refractivity contribution in [1.82, 2.24) is 4.90 Å². The van der Waals surface area contributed by atoms with Crippen LogP contribution in [-0.4, -0.2) is 40.5 Å². The number of phenols is 1. The predicted octanol–water partition coefficient (Wildman–Crippen LogP) is 2.72. The summed E-state index contributed by atoms with van der Waals surface area (Å²) >= 11 is 3.02. The van der Waals surface area contributed by atoms with Crippen molar-refractivity contribution in [2.24, 2.45) is 0 Å². The van der Waals surface area contributed by atoms with E-state index in [1.54, 1.807) is 6.07 Å². The smallest absolute Gasteiger partial charge is 0.406 e. The summed E-state index contributed by atoms with van der Waals surface area (Å²) in [5, 5.41) is 9.51. The van der Waals surface area contributed by atoms with Gasteiger partial charge in [-0.1, -0.05) is 28.1 Å². The molecule has 1 aromatic carbocycles.